The van der Waals surface area contributed by atoms with Crippen molar-refractivity contribution < 1.29 is 14.3 Å². The number of hydrogen-bond acceptors (Lipinski definition) is 3. The molecule has 2 rings (SSSR count). The monoisotopic (exact) mass is 490 g/mol. The minimum atomic E-state index is -0.213. The predicted octanol–water partition coefficient (Wildman–Crippen LogP) is 10.2. The van der Waals surface area contributed by atoms with Gasteiger partial charge >= 0.3 is 11.9 Å². The van der Waals surface area contributed by atoms with Crippen LogP contribution >= 0.6 is 0 Å². The molecule has 0 N–H and O–H groups in total. The van der Waals surface area contributed by atoms with Crippen LogP contribution in [-0.2, 0) is 14.3 Å². The lowest BCUT2D eigenvalue weighted by molar-refractivity contribution is -0.166. The van der Waals surface area contributed by atoms with Gasteiger partial charge in [-0.15, -0.1) is 0 Å². The molecule has 0 radical (unpaired) electrons. The number of hydrogen-bond donors (Lipinski definition) is 0. The van der Waals surface area contributed by atoms with Gasteiger partial charge in [0.15, 0.2) is 0 Å². The lowest BCUT2D eigenvalue weighted by atomic mass is 9.93. The normalized spacial score (nSPS) is 23.7. The van der Waals surface area contributed by atoms with Crippen LogP contribution in [0.2, 0.25) is 0 Å². The van der Waals surface area contributed by atoms with Gasteiger partial charge in [-0.1, -0.05) is 154 Å². The lowest BCUT2D eigenvalue weighted by Gasteiger charge is -2.19. The molecular formula is C32H58O3. The van der Waals surface area contributed by atoms with Crippen LogP contribution in [0.1, 0.15) is 180 Å². The Labute approximate surface area is 217 Å². The smallest absolute Gasteiger partial charge is 0.316 e. The summed E-state index contributed by atoms with van der Waals surface area (Å²) >= 11 is 0. The molecule has 0 aliphatic heterocycles. The molecule has 0 unspecified atom stereocenters. The summed E-state index contributed by atoms with van der Waals surface area (Å²) in [5.41, 5.74) is 0. The topological polar surface area (TPSA) is 43.4 Å². The summed E-state index contributed by atoms with van der Waals surface area (Å²) in [4.78, 5) is 26.2. The fraction of sp³-hybridized carbons (Fsp3) is 0.938. The first-order valence-electron chi connectivity index (χ1n) is 16.0. The minimum Gasteiger partial charge on any atom is -0.393 e. The van der Waals surface area contributed by atoms with E-state index in [0.717, 1.165) is 51.4 Å². The van der Waals surface area contributed by atoms with Crippen molar-refractivity contribution in [3.63, 3.8) is 0 Å². The molecule has 2 saturated carbocycles. The maximum atomic E-state index is 13.1. The number of ether oxygens (including phenoxy) is 1. The van der Waals surface area contributed by atoms with Crippen molar-refractivity contribution in [2.75, 3.05) is 0 Å². The number of carbonyl (C=O) groups is 2. The van der Waals surface area contributed by atoms with Crippen LogP contribution in [-0.4, -0.2) is 11.9 Å². The molecule has 0 aromatic carbocycles. The first-order valence-corrected chi connectivity index (χ1v) is 16.0. The van der Waals surface area contributed by atoms with Crippen LogP contribution in [0.15, 0.2) is 0 Å². The Bertz CT molecular complexity index is 451. The molecule has 2 fully saturated rings. The molecule has 0 amide bonds. The maximum absolute atomic E-state index is 13.1. The standard InChI is InChI=1S/C32H58O3/c33-31(29-25-21-17-13-9-5-1-2-6-10-14-18-22-26-29)35-32(34)30-27-23-19-15-11-7-3-4-8-12-16-20-24-28-30/h29-30H,1-28H2. The van der Waals surface area contributed by atoms with E-state index in [1.165, 1.54) is 128 Å². The Morgan fingerprint density at radius 3 is 0.686 bits per heavy atom. The average molecular weight is 491 g/mol. The van der Waals surface area contributed by atoms with Gasteiger partial charge in [0.1, 0.15) is 0 Å². The molecule has 204 valence electrons. The summed E-state index contributed by atoms with van der Waals surface area (Å²) < 4.78 is 5.63. The fourth-order valence-electron chi connectivity index (χ4n) is 6.12. The molecule has 0 atom stereocenters. The second kappa shape index (κ2) is 21.2. The van der Waals surface area contributed by atoms with Gasteiger partial charge in [0.2, 0.25) is 0 Å². The van der Waals surface area contributed by atoms with Crippen molar-refractivity contribution in [1.29, 1.82) is 0 Å². The van der Waals surface area contributed by atoms with E-state index in [0.29, 0.717) is 0 Å². The van der Waals surface area contributed by atoms with E-state index in [2.05, 4.69) is 0 Å². The van der Waals surface area contributed by atoms with E-state index in [1.54, 1.807) is 0 Å². The number of carbonyl (C=O) groups excluding carboxylic acids is 2. The van der Waals surface area contributed by atoms with Crippen LogP contribution in [0, 0.1) is 11.8 Å². The van der Waals surface area contributed by atoms with Crippen molar-refractivity contribution >= 4 is 11.9 Å². The minimum absolute atomic E-state index is 0.0775. The third-order valence-electron chi connectivity index (χ3n) is 8.58. The van der Waals surface area contributed by atoms with E-state index in [1.807, 2.05) is 0 Å². The Morgan fingerprint density at radius 1 is 0.314 bits per heavy atom. The van der Waals surface area contributed by atoms with E-state index in [4.69, 9.17) is 4.74 Å². The third kappa shape index (κ3) is 15.8. The van der Waals surface area contributed by atoms with Crippen molar-refractivity contribution in [3.8, 4) is 0 Å². The Morgan fingerprint density at radius 2 is 0.486 bits per heavy atom. The zero-order valence-electron chi connectivity index (χ0n) is 23.2. The van der Waals surface area contributed by atoms with Gasteiger partial charge in [-0.25, -0.2) is 0 Å². The fourth-order valence-corrected chi connectivity index (χ4v) is 6.12. The Balaban J connectivity index is 1.84. The molecule has 35 heavy (non-hydrogen) atoms. The van der Waals surface area contributed by atoms with E-state index < -0.39 is 0 Å². The van der Waals surface area contributed by atoms with Gasteiger partial charge in [-0.3, -0.25) is 9.59 Å². The first-order chi connectivity index (χ1) is 17.3. The van der Waals surface area contributed by atoms with E-state index in [9.17, 15) is 9.59 Å². The highest BCUT2D eigenvalue weighted by Crippen LogP contribution is 2.25. The van der Waals surface area contributed by atoms with E-state index >= 15 is 0 Å². The van der Waals surface area contributed by atoms with Gasteiger partial charge in [0.25, 0.3) is 0 Å². The summed E-state index contributed by atoms with van der Waals surface area (Å²) in [5.74, 6) is -0.580. The quantitative estimate of drug-likeness (QED) is 0.285. The SMILES string of the molecule is O=C(OC(=O)C1CCCCCCCCCCCCCC1)C1CCCCCCCCCCCCCC1. The third-order valence-corrected chi connectivity index (χ3v) is 8.58. The highest BCUT2D eigenvalue weighted by atomic mass is 16.6. The van der Waals surface area contributed by atoms with Gasteiger partial charge in [-0.2, -0.15) is 0 Å². The number of rotatable bonds is 2. The zero-order valence-corrected chi connectivity index (χ0v) is 23.2. The first kappa shape index (κ1) is 30.4. The van der Waals surface area contributed by atoms with Gasteiger partial charge in [0.05, 0.1) is 11.8 Å². The summed E-state index contributed by atoms with van der Waals surface area (Å²) in [6, 6.07) is 0. The van der Waals surface area contributed by atoms with Crippen LogP contribution < -0.4 is 0 Å². The van der Waals surface area contributed by atoms with Gasteiger partial charge < -0.3 is 4.74 Å². The Kier molecular flexibility index (Phi) is 18.4. The molecule has 3 heteroatoms. The highest BCUT2D eigenvalue weighted by molar-refractivity contribution is 5.87. The van der Waals surface area contributed by atoms with Gasteiger partial charge in [-0.05, 0) is 25.7 Å². The summed E-state index contributed by atoms with van der Waals surface area (Å²) in [5, 5.41) is 0. The summed E-state index contributed by atoms with van der Waals surface area (Å²) in [6.07, 6.45) is 34.2. The molecule has 0 saturated heterocycles. The van der Waals surface area contributed by atoms with Gasteiger partial charge in [0, 0.05) is 0 Å². The molecule has 0 heterocycles. The molecule has 0 aromatic rings. The highest BCUT2D eigenvalue weighted by Gasteiger charge is 2.27. The second-order valence-corrected chi connectivity index (χ2v) is 11.8. The van der Waals surface area contributed by atoms with Crippen molar-refractivity contribution in [1.82, 2.24) is 0 Å². The van der Waals surface area contributed by atoms with Crippen LogP contribution in [0.5, 0.6) is 0 Å². The average Bonchev–Trinajstić information content (AvgIpc) is 2.87. The Hall–Kier alpha value is -0.860. The van der Waals surface area contributed by atoms with Crippen LogP contribution in [0.4, 0.5) is 0 Å². The van der Waals surface area contributed by atoms with Crippen molar-refractivity contribution in [3.05, 3.63) is 0 Å². The molecule has 0 aromatic heterocycles. The van der Waals surface area contributed by atoms with Crippen LogP contribution in [0.3, 0.4) is 0 Å². The second-order valence-electron chi connectivity index (χ2n) is 11.8. The lowest BCUT2D eigenvalue weighted by Crippen LogP contribution is -2.26. The molecule has 2 aliphatic carbocycles. The summed E-state index contributed by atoms with van der Waals surface area (Å²) in [7, 11) is 0. The van der Waals surface area contributed by atoms with Crippen LogP contribution in [0.25, 0.3) is 0 Å². The molecule has 2 aliphatic rings. The predicted molar refractivity (Wildman–Crippen MR) is 147 cm³/mol. The molecule has 0 bridgehead atoms. The van der Waals surface area contributed by atoms with Crippen molar-refractivity contribution in [2.24, 2.45) is 11.8 Å². The molecule has 3 nitrogen and oxygen atoms in total. The summed E-state index contributed by atoms with van der Waals surface area (Å²) in [6.45, 7) is 0. The molecular weight excluding hydrogens is 432 g/mol. The zero-order chi connectivity index (χ0) is 24.8. The largest absolute Gasteiger partial charge is 0.393 e. The molecule has 0 spiro atoms. The number of esters is 2. The van der Waals surface area contributed by atoms with E-state index in [-0.39, 0.29) is 23.8 Å². The maximum Gasteiger partial charge on any atom is 0.316 e. The van der Waals surface area contributed by atoms with Crippen molar-refractivity contribution in [2.45, 2.75) is 180 Å².